The van der Waals surface area contributed by atoms with Gasteiger partial charge in [-0.25, -0.2) is 14.8 Å². The Labute approximate surface area is 133 Å². The lowest BCUT2D eigenvalue weighted by Gasteiger charge is -2.28. The average Bonchev–Trinajstić information content (AvgIpc) is 2.85. The smallest absolute Gasteiger partial charge is 0.410 e. The SMILES string of the molecule is Cc1ccnc([S@@](=O)C[C@@H]2CCCN2C(=O)OC(C)(C)C)n1. The summed E-state index contributed by atoms with van der Waals surface area (Å²) in [4.78, 5) is 22.2. The number of hydrogen-bond donors (Lipinski definition) is 0. The summed E-state index contributed by atoms with van der Waals surface area (Å²) in [6.45, 7) is 8.01. The molecule has 1 amide bonds. The fourth-order valence-electron chi connectivity index (χ4n) is 2.35. The molecule has 6 nitrogen and oxygen atoms in total. The number of nitrogens with zero attached hydrogens (tertiary/aromatic N) is 3. The van der Waals surface area contributed by atoms with Gasteiger partial charge in [-0.3, -0.25) is 4.21 Å². The maximum absolute atomic E-state index is 12.4. The number of carbonyl (C=O) groups excluding carboxylic acids is 1. The van der Waals surface area contributed by atoms with Gasteiger partial charge in [0.15, 0.2) is 0 Å². The highest BCUT2D eigenvalue weighted by Crippen LogP contribution is 2.22. The average molecular weight is 325 g/mol. The maximum atomic E-state index is 12.4. The highest BCUT2D eigenvalue weighted by atomic mass is 32.2. The lowest BCUT2D eigenvalue weighted by Crippen LogP contribution is -2.42. The van der Waals surface area contributed by atoms with E-state index in [1.807, 2.05) is 27.7 Å². The van der Waals surface area contributed by atoms with Crippen LogP contribution in [0.5, 0.6) is 0 Å². The van der Waals surface area contributed by atoms with Gasteiger partial charge < -0.3 is 9.64 Å². The first-order valence-electron chi connectivity index (χ1n) is 7.44. The Balaban J connectivity index is 2.02. The fraction of sp³-hybridized carbons (Fsp3) is 0.667. The van der Waals surface area contributed by atoms with E-state index in [1.54, 1.807) is 17.2 Å². The second-order valence-corrected chi connectivity index (χ2v) is 7.85. The molecule has 2 rings (SSSR count). The molecule has 0 aliphatic carbocycles. The molecular formula is C15H23N3O3S. The summed E-state index contributed by atoms with van der Waals surface area (Å²) in [5.41, 5.74) is 0.261. The Bertz CT molecular complexity index is 571. The van der Waals surface area contributed by atoms with Gasteiger partial charge in [-0.2, -0.15) is 0 Å². The first-order chi connectivity index (χ1) is 10.3. The van der Waals surface area contributed by atoms with E-state index in [0.717, 1.165) is 18.5 Å². The van der Waals surface area contributed by atoms with Crippen LogP contribution < -0.4 is 0 Å². The lowest BCUT2D eigenvalue weighted by molar-refractivity contribution is 0.0241. The zero-order chi connectivity index (χ0) is 16.3. The Morgan fingerprint density at radius 3 is 2.86 bits per heavy atom. The zero-order valence-electron chi connectivity index (χ0n) is 13.5. The van der Waals surface area contributed by atoms with Gasteiger partial charge >= 0.3 is 6.09 Å². The van der Waals surface area contributed by atoms with Crippen LogP contribution in [0.2, 0.25) is 0 Å². The minimum absolute atomic E-state index is 0.0835. The third kappa shape index (κ3) is 4.50. The van der Waals surface area contributed by atoms with Crippen molar-refractivity contribution in [3.8, 4) is 0 Å². The normalized spacial score (nSPS) is 20.0. The number of amides is 1. The van der Waals surface area contributed by atoms with E-state index < -0.39 is 16.4 Å². The molecule has 2 atom stereocenters. The zero-order valence-corrected chi connectivity index (χ0v) is 14.4. The van der Waals surface area contributed by atoms with Crippen molar-refractivity contribution in [3.63, 3.8) is 0 Å². The predicted molar refractivity (Wildman–Crippen MR) is 84.0 cm³/mol. The number of likely N-dealkylation sites (tertiary alicyclic amines) is 1. The predicted octanol–water partition coefficient (Wildman–Crippen LogP) is 2.29. The standard InChI is InChI=1S/C15H23N3O3S/c1-11-7-8-16-13(17-11)22(20)10-12-6-5-9-18(12)14(19)21-15(2,3)4/h7-8,12H,5-6,9-10H2,1-4H3/t12-,22-/m0/s1. The third-order valence-electron chi connectivity index (χ3n) is 3.33. The van der Waals surface area contributed by atoms with Crippen LogP contribution in [0.3, 0.4) is 0 Å². The number of ether oxygens (including phenoxy) is 1. The Morgan fingerprint density at radius 2 is 2.23 bits per heavy atom. The molecule has 0 saturated carbocycles. The number of rotatable bonds is 3. The quantitative estimate of drug-likeness (QED) is 0.797. The summed E-state index contributed by atoms with van der Waals surface area (Å²) in [6, 6.07) is 1.68. The molecule has 0 aromatic carbocycles. The summed E-state index contributed by atoms with van der Waals surface area (Å²) in [5, 5.41) is 0.330. The summed E-state index contributed by atoms with van der Waals surface area (Å²) in [7, 11) is -1.32. The summed E-state index contributed by atoms with van der Waals surface area (Å²) < 4.78 is 17.8. The van der Waals surface area contributed by atoms with Crippen LogP contribution >= 0.6 is 0 Å². The van der Waals surface area contributed by atoms with Crippen LogP contribution in [0.4, 0.5) is 4.79 Å². The molecule has 1 aromatic rings. The van der Waals surface area contributed by atoms with Crippen LogP contribution in [0.15, 0.2) is 17.4 Å². The molecule has 1 aromatic heterocycles. The van der Waals surface area contributed by atoms with Gasteiger partial charge in [0.25, 0.3) is 0 Å². The number of aromatic nitrogens is 2. The van der Waals surface area contributed by atoms with Gasteiger partial charge in [0.1, 0.15) is 5.60 Å². The van der Waals surface area contributed by atoms with Crippen molar-refractivity contribution in [1.82, 2.24) is 14.9 Å². The van der Waals surface area contributed by atoms with Gasteiger partial charge in [-0.15, -0.1) is 0 Å². The minimum Gasteiger partial charge on any atom is -0.444 e. The second-order valence-electron chi connectivity index (χ2n) is 6.46. The molecule has 0 spiro atoms. The van der Waals surface area contributed by atoms with E-state index in [2.05, 4.69) is 9.97 Å². The highest BCUT2D eigenvalue weighted by Gasteiger charge is 2.33. The van der Waals surface area contributed by atoms with Crippen LogP contribution in [0, 0.1) is 6.92 Å². The highest BCUT2D eigenvalue weighted by molar-refractivity contribution is 7.84. The van der Waals surface area contributed by atoms with Gasteiger partial charge in [-0.1, -0.05) is 0 Å². The van der Waals surface area contributed by atoms with Crippen molar-refractivity contribution in [2.75, 3.05) is 12.3 Å². The van der Waals surface area contributed by atoms with Gasteiger partial charge in [0.05, 0.1) is 16.6 Å². The minimum atomic E-state index is -1.32. The van der Waals surface area contributed by atoms with Crippen molar-refractivity contribution < 1.29 is 13.7 Å². The Hall–Kier alpha value is -1.50. The number of carbonyl (C=O) groups is 1. The van der Waals surface area contributed by atoms with Crippen molar-refractivity contribution in [2.45, 2.75) is 57.3 Å². The van der Waals surface area contributed by atoms with E-state index in [0.29, 0.717) is 17.5 Å². The largest absolute Gasteiger partial charge is 0.444 e. The molecule has 1 aliphatic rings. The summed E-state index contributed by atoms with van der Waals surface area (Å²) in [6.07, 6.45) is 3.00. The Kier molecular flexibility index (Phi) is 5.16. The second kappa shape index (κ2) is 6.73. The van der Waals surface area contributed by atoms with E-state index in [4.69, 9.17) is 4.74 Å². The van der Waals surface area contributed by atoms with Crippen molar-refractivity contribution in [3.05, 3.63) is 18.0 Å². The lowest BCUT2D eigenvalue weighted by atomic mass is 10.2. The maximum Gasteiger partial charge on any atom is 0.410 e. The Morgan fingerprint density at radius 1 is 1.50 bits per heavy atom. The molecule has 0 radical (unpaired) electrons. The van der Waals surface area contributed by atoms with Crippen molar-refractivity contribution in [2.24, 2.45) is 0 Å². The van der Waals surface area contributed by atoms with Crippen LogP contribution in [0.1, 0.15) is 39.3 Å². The molecule has 0 N–H and O–H groups in total. The molecule has 1 fully saturated rings. The molecule has 7 heteroatoms. The molecule has 1 saturated heterocycles. The van der Waals surface area contributed by atoms with Gasteiger partial charge in [0, 0.05) is 24.5 Å². The molecule has 1 aliphatic heterocycles. The first-order valence-corrected chi connectivity index (χ1v) is 8.76. The van der Waals surface area contributed by atoms with E-state index >= 15 is 0 Å². The number of aryl methyl sites for hydroxylation is 1. The third-order valence-corrected chi connectivity index (χ3v) is 4.62. The fourth-order valence-corrected chi connectivity index (χ4v) is 3.62. The molecule has 0 bridgehead atoms. The van der Waals surface area contributed by atoms with Crippen molar-refractivity contribution in [1.29, 1.82) is 0 Å². The molecule has 0 unspecified atom stereocenters. The summed E-state index contributed by atoms with van der Waals surface area (Å²) in [5.74, 6) is 0.350. The number of hydrogen-bond acceptors (Lipinski definition) is 5. The van der Waals surface area contributed by atoms with Crippen LogP contribution in [0.25, 0.3) is 0 Å². The van der Waals surface area contributed by atoms with E-state index in [-0.39, 0.29) is 12.1 Å². The van der Waals surface area contributed by atoms with Crippen LogP contribution in [-0.2, 0) is 15.5 Å². The van der Waals surface area contributed by atoms with Crippen molar-refractivity contribution >= 4 is 16.9 Å². The molecule has 122 valence electrons. The van der Waals surface area contributed by atoms with Crippen LogP contribution in [-0.4, -0.2) is 49.1 Å². The first kappa shape index (κ1) is 16.9. The topological polar surface area (TPSA) is 72.4 Å². The van der Waals surface area contributed by atoms with E-state index in [9.17, 15) is 9.00 Å². The van der Waals surface area contributed by atoms with E-state index in [1.165, 1.54) is 0 Å². The molecular weight excluding hydrogens is 302 g/mol. The van der Waals surface area contributed by atoms with Gasteiger partial charge in [0.2, 0.25) is 5.16 Å². The summed E-state index contributed by atoms with van der Waals surface area (Å²) >= 11 is 0. The van der Waals surface area contributed by atoms with Gasteiger partial charge in [-0.05, 0) is 46.6 Å². The molecule has 2 heterocycles. The molecule has 22 heavy (non-hydrogen) atoms. The monoisotopic (exact) mass is 325 g/mol.